The fourth-order valence-corrected chi connectivity index (χ4v) is 5.84. The van der Waals surface area contributed by atoms with Gasteiger partial charge in [0, 0.05) is 16.3 Å². The smallest absolute Gasteiger partial charge is 0.0991 e. The molecule has 0 saturated carbocycles. The van der Waals surface area contributed by atoms with Crippen LogP contribution in [0.1, 0.15) is 11.1 Å². The maximum absolute atomic E-state index is 8.29. The normalized spacial score (nSPS) is 10.9. The molecule has 0 bridgehead atoms. The molecule has 0 aliphatic rings. The first kappa shape index (κ1) is 26.1. The molecule has 0 radical (unpaired) electrons. The minimum absolute atomic E-state index is 0.715. The van der Waals surface area contributed by atoms with Gasteiger partial charge in [0.1, 0.15) is 0 Å². The summed E-state index contributed by atoms with van der Waals surface area (Å²) in [7, 11) is 0. The van der Waals surface area contributed by atoms with Crippen molar-refractivity contribution in [1.29, 1.82) is 5.26 Å². The minimum Gasteiger partial charge on any atom is -0.247 e. The molecule has 2 heteroatoms. The Bertz CT molecular complexity index is 2310. The number of fused-ring (bicyclic) bond motifs is 5. The topological polar surface area (TPSA) is 36.7 Å². The summed E-state index contributed by atoms with van der Waals surface area (Å²) in [6.45, 7) is 2.20. The van der Waals surface area contributed by atoms with Crippen molar-refractivity contribution >= 4 is 43.2 Å². The Kier molecular flexibility index (Phi) is 6.83. The molecule has 2 nitrogen and oxygen atoms in total. The van der Waals surface area contributed by atoms with E-state index in [0.717, 1.165) is 16.8 Å². The highest BCUT2D eigenvalue weighted by molar-refractivity contribution is 6.12. The van der Waals surface area contributed by atoms with Crippen LogP contribution in [0.4, 0.5) is 0 Å². The molecular weight excluding hydrogens is 520 g/mol. The van der Waals surface area contributed by atoms with Crippen LogP contribution in [-0.2, 0) is 0 Å². The van der Waals surface area contributed by atoms with Gasteiger partial charge in [-0.25, -0.2) is 4.98 Å². The molecule has 43 heavy (non-hydrogen) atoms. The van der Waals surface area contributed by atoms with Gasteiger partial charge >= 0.3 is 0 Å². The average Bonchev–Trinajstić information content (AvgIpc) is 3.08. The fourth-order valence-electron chi connectivity index (χ4n) is 5.84. The number of hydrogen-bond acceptors (Lipinski definition) is 2. The third-order valence-electron chi connectivity index (χ3n) is 8.04. The molecule has 7 aromatic carbocycles. The predicted octanol–water partition coefficient (Wildman–Crippen LogP) is 10.9. The van der Waals surface area contributed by atoms with Gasteiger partial charge in [-0.05, 0) is 86.9 Å². The van der Waals surface area contributed by atoms with Gasteiger partial charge in [-0.15, -0.1) is 0 Å². The van der Waals surface area contributed by atoms with Gasteiger partial charge in [0.2, 0.25) is 0 Å². The van der Waals surface area contributed by atoms with Gasteiger partial charge < -0.3 is 0 Å². The van der Waals surface area contributed by atoms with E-state index in [1.807, 2.05) is 24.3 Å². The summed E-state index contributed by atoms with van der Waals surface area (Å²) in [6, 6.07) is 54.8. The Morgan fingerprint density at radius 2 is 1.05 bits per heavy atom. The molecule has 0 aliphatic heterocycles. The SMILES string of the molecule is Cc1cc2c(-c3ccc4ccccc4c3)cc(-c3ccc4ccccc4c3)nc2c2ccccc12.N#Cc1ccccc1. The maximum Gasteiger partial charge on any atom is 0.0991 e. The number of rotatable bonds is 2. The molecule has 202 valence electrons. The van der Waals surface area contributed by atoms with Crippen LogP contribution in [-0.4, -0.2) is 4.98 Å². The lowest BCUT2D eigenvalue weighted by molar-refractivity contribution is 1.41. The number of nitrogens with zero attached hydrogens (tertiary/aromatic N) is 2. The number of aryl methyl sites for hydroxylation is 1. The Morgan fingerprint density at radius 3 is 1.70 bits per heavy atom. The monoisotopic (exact) mass is 548 g/mol. The molecule has 0 aliphatic carbocycles. The van der Waals surface area contributed by atoms with Crippen LogP contribution in [0.15, 0.2) is 152 Å². The van der Waals surface area contributed by atoms with Crippen molar-refractivity contribution in [3.8, 4) is 28.5 Å². The van der Waals surface area contributed by atoms with E-state index in [9.17, 15) is 0 Å². The van der Waals surface area contributed by atoms with Crippen molar-refractivity contribution in [2.24, 2.45) is 0 Å². The summed E-state index contributed by atoms with van der Waals surface area (Å²) < 4.78 is 0. The first-order valence-electron chi connectivity index (χ1n) is 14.4. The number of pyridine rings is 1. The average molecular weight is 549 g/mol. The lowest BCUT2D eigenvalue weighted by Gasteiger charge is -2.15. The second kappa shape index (κ2) is 11.2. The molecule has 0 atom stereocenters. The molecule has 0 amide bonds. The number of benzene rings is 7. The highest BCUT2D eigenvalue weighted by Gasteiger charge is 2.14. The second-order valence-corrected chi connectivity index (χ2v) is 10.8. The lowest BCUT2D eigenvalue weighted by atomic mass is 9.92. The van der Waals surface area contributed by atoms with E-state index in [2.05, 4.69) is 128 Å². The van der Waals surface area contributed by atoms with Gasteiger partial charge in [0.05, 0.1) is 22.8 Å². The van der Waals surface area contributed by atoms with E-state index in [0.29, 0.717) is 5.56 Å². The molecule has 1 aromatic heterocycles. The van der Waals surface area contributed by atoms with Crippen LogP contribution in [0.25, 0.3) is 65.6 Å². The van der Waals surface area contributed by atoms with E-state index < -0.39 is 0 Å². The van der Waals surface area contributed by atoms with Crippen LogP contribution in [0.3, 0.4) is 0 Å². The van der Waals surface area contributed by atoms with Gasteiger partial charge in [0.25, 0.3) is 0 Å². The van der Waals surface area contributed by atoms with Crippen LogP contribution in [0.5, 0.6) is 0 Å². The van der Waals surface area contributed by atoms with Crippen molar-refractivity contribution in [2.45, 2.75) is 6.92 Å². The standard InChI is InChI=1S/C34H23N.C7H5N/c1-22-18-32-31(27-16-14-23-8-2-4-10-25(23)19-27)21-33(35-34(32)30-13-7-6-12-29(22)30)28-17-15-24-9-3-5-11-26(24)20-28;8-6-7-4-2-1-3-5-7/h2-21H,1H3;1-5H. The predicted molar refractivity (Wildman–Crippen MR) is 181 cm³/mol. The zero-order valence-electron chi connectivity index (χ0n) is 23.8. The summed E-state index contributed by atoms with van der Waals surface area (Å²) >= 11 is 0. The van der Waals surface area contributed by atoms with E-state index in [1.165, 1.54) is 54.4 Å². The van der Waals surface area contributed by atoms with Gasteiger partial charge in [-0.3, -0.25) is 0 Å². The van der Waals surface area contributed by atoms with Crippen molar-refractivity contribution in [3.05, 3.63) is 163 Å². The van der Waals surface area contributed by atoms with Crippen molar-refractivity contribution in [1.82, 2.24) is 4.98 Å². The van der Waals surface area contributed by atoms with Gasteiger partial charge in [0.15, 0.2) is 0 Å². The molecular formula is C41H28N2. The van der Waals surface area contributed by atoms with E-state index in [1.54, 1.807) is 12.1 Å². The number of aromatic nitrogens is 1. The van der Waals surface area contributed by atoms with Crippen LogP contribution in [0.2, 0.25) is 0 Å². The summed E-state index contributed by atoms with van der Waals surface area (Å²) in [5, 5.41) is 16.9. The van der Waals surface area contributed by atoms with Crippen molar-refractivity contribution in [2.75, 3.05) is 0 Å². The van der Waals surface area contributed by atoms with E-state index >= 15 is 0 Å². The summed E-state index contributed by atoms with van der Waals surface area (Å²) in [5.74, 6) is 0. The highest BCUT2D eigenvalue weighted by atomic mass is 14.7. The van der Waals surface area contributed by atoms with E-state index in [4.69, 9.17) is 10.2 Å². The third kappa shape index (κ3) is 5.10. The zero-order chi connectivity index (χ0) is 29.2. The highest BCUT2D eigenvalue weighted by Crippen LogP contribution is 2.38. The van der Waals surface area contributed by atoms with Gasteiger partial charge in [-0.2, -0.15) is 5.26 Å². The number of hydrogen-bond donors (Lipinski definition) is 0. The quantitative estimate of drug-likeness (QED) is 0.201. The molecule has 1 heterocycles. The molecule has 8 rings (SSSR count). The molecule has 0 N–H and O–H groups in total. The fraction of sp³-hybridized carbons (Fsp3) is 0.0244. The molecule has 0 fully saturated rings. The maximum atomic E-state index is 8.29. The zero-order valence-corrected chi connectivity index (χ0v) is 23.8. The summed E-state index contributed by atoms with van der Waals surface area (Å²) in [4.78, 5) is 5.27. The Hall–Kier alpha value is -5.78. The van der Waals surface area contributed by atoms with Crippen molar-refractivity contribution < 1.29 is 0 Å². The molecule has 8 aromatic rings. The van der Waals surface area contributed by atoms with Crippen molar-refractivity contribution in [3.63, 3.8) is 0 Å². The largest absolute Gasteiger partial charge is 0.247 e. The lowest BCUT2D eigenvalue weighted by Crippen LogP contribution is -1.93. The second-order valence-electron chi connectivity index (χ2n) is 10.8. The molecule has 0 saturated heterocycles. The molecule has 0 unspecified atom stereocenters. The first-order valence-corrected chi connectivity index (χ1v) is 14.4. The molecule has 0 spiro atoms. The third-order valence-corrected chi connectivity index (χ3v) is 8.04. The van der Waals surface area contributed by atoms with E-state index in [-0.39, 0.29) is 0 Å². The van der Waals surface area contributed by atoms with Crippen LogP contribution < -0.4 is 0 Å². The summed E-state index contributed by atoms with van der Waals surface area (Å²) in [5.41, 5.74) is 7.62. The Balaban J connectivity index is 0.000000328. The van der Waals surface area contributed by atoms with Gasteiger partial charge in [-0.1, -0.05) is 115 Å². The first-order chi connectivity index (χ1) is 21.2. The minimum atomic E-state index is 0.715. The summed E-state index contributed by atoms with van der Waals surface area (Å²) in [6.07, 6.45) is 0. The van der Waals surface area contributed by atoms with Crippen LogP contribution in [0, 0.1) is 18.3 Å². The van der Waals surface area contributed by atoms with Crippen LogP contribution >= 0.6 is 0 Å². The Labute approximate surface area is 251 Å². The Morgan fingerprint density at radius 1 is 0.488 bits per heavy atom. The number of nitriles is 1.